The Bertz CT molecular complexity index is 1000. The Labute approximate surface area is 140 Å². The van der Waals surface area contributed by atoms with Crippen molar-refractivity contribution in [3.05, 3.63) is 57.9 Å². The van der Waals surface area contributed by atoms with Crippen LogP contribution in [0.4, 0.5) is 13.2 Å². The zero-order valence-corrected chi connectivity index (χ0v) is 13.3. The third-order valence-corrected chi connectivity index (χ3v) is 4.44. The number of hydrogen-bond donors (Lipinski definition) is 0. The van der Waals surface area contributed by atoms with Gasteiger partial charge < -0.3 is 0 Å². The number of halogens is 3. The normalized spacial score (nSPS) is 14.7. The third-order valence-electron chi connectivity index (χ3n) is 4.44. The van der Waals surface area contributed by atoms with E-state index in [0.717, 1.165) is 18.9 Å². The summed E-state index contributed by atoms with van der Waals surface area (Å²) in [7, 11) is 0. The van der Waals surface area contributed by atoms with Gasteiger partial charge in [-0.2, -0.15) is 18.3 Å². The lowest BCUT2D eigenvalue weighted by molar-refractivity contribution is -0.141. The highest BCUT2D eigenvalue weighted by Crippen LogP contribution is 2.31. The van der Waals surface area contributed by atoms with Gasteiger partial charge in [0.1, 0.15) is 11.5 Å². The van der Waals surface area contributed by atoms with Crippen LogP contribution in [0.5, 0.6) is 0 Å². The van der Waals surface area contributed by atoms with Crippen LogP contribution in [0.25, 0.3) is 10.9 Å². The number of fused-ring (bicyclic) bond motifs is 2. The maximum atomic E-state index is 13.1. The highest BCUT2D eigenvalue weighted by Gasteiger charge is 2.33. The lowest BCUT2D eigenvalue weighted by atomic mass is 10.1. The third kappa shape index (κ3) is 2.81. The van der Waals surface area contributed by atoms with Gasteiger partial charge in [0, 0.05) is 18.4 Å². The van der Waals surface area contributed by atoms with E-state index in [1.807, 2.05) is 0 Å². The Hall–Kier alpha value is -2.64. The molecule has 0 unspecified atom stereocenters. The van der Waals surface area contributed by atoms with Crippen LogP contribution in [0.2, 0.25) is 0 Å². The molecule has 1 aliphatic rings. The van der Waals surface area contributed by atoms with Gasteiger partial charge in [0.2, 0.25) is 0 Å². The van der Waals surface area contributed by atoms with Crippen LogP contribution in [0, 0.1) is 0 Å². The van der Waals surface area contributed by atoms with E-state index in [1.165, 1.54) is 10.7 Å². The predicted molar refractivity (Wildman–Crippen MR) is 85.3 cm³/mol. The van der Waals surface area contributed by atoms with Crippen molar-refractivity contribution >= 4 is 10.9 Å². The number of rotatable bonds is 2. The Morgan fingerprint density at radius 3 is 2.72 bits per heavy atom. The number of aryl methyl sites for hydroxylation is 1. The average Bonchev–Trinajstić information content (AvgIpc) is 2.90. The van der Waals surface area contributed by atoms with Crippen molar-refractivity contribution in [2.45, 2.75) is 38.5 Å². The average molecular weight is 348 g/mol. The number of alkyl halides is 3. The molecule has 3 aromatic rings. The summed E-state index contributed by atoms with van der Waals surface area (Å²) in [5.41, 5.74) is -0.595. The van der Waals surface area contributed by atoms with E-state index >= 15 is 0 Å². The number of para-hydroxylation sites is 1. The summed E-state index contributed by atoms with van der Waals surface area (Å²) in [4.78, 5) is 16.2. The van der Waals surface area contributed by atoms with E-state index in [-0.39, 0.29) is 17.8 Å². The van der Waals surface area contributed by atoms with E-state index in [4.69, 9.17) is 0 Å². The molecule has 1 aromatic carbocycles. The fourth-order valence-electron chi connectivity index (χ4n) is 3.24. The summed E-state index contributed by atoms with van der Waals surface area (Å²) in [5, 5.41) is 4.90. The predicted octanol–water partition coefficient (Wildman–Crippen LogP) is 3.00. The molecule has 4 rings (SSSR count). The molecule has 0 bridgehead atoms. The van der Waals surface area contributed by atoms with E-state index in [0.29, 0.717) is 29.7 Å². The summed E-state index contributed by atoms with van der Waals surface area (Å²) in [6.45, 7) is 0.601. The first kappa shape index (κ1) is 15.9. The minimum absolute atomic E-state index is 0.00898. The maximum absolute atomic E-state index is 13.1. The fraction of sp³-hybridized carbons (Fsp3) is 0.353. The second kappa shape index (κ2) is 5.72. The molecule has 0 atom stereocenters. The van der Waals surface area contributed by atoms with Crippen LogP contribution in [-0.4, -0.2) is 19.3 Å². The molecule has 0 spiro atoms. The monoisotopic (exact) mass is 348 g/mol. The first-order valence-corrected chi connectivity index (χ1v) is 8.06. The SMILES string of the molecule is O=c1n(Cc2cc(C(F)(F)F)nc3ccccc23)nc2n1CCCC2. The second-order valence-corrected chi connectivity index (χ2v) is 6.15. The van der Waals surface area contributed by atoms with Crippen molar-refractivity contribution in [3.63, 3.8) is 0 Å². The molecule has 0 saturated heterocycles. The van der Waals surface area contributed by atoms with Gasteiger partial charge in [-0.25, -0.2) is 14.5 Å². The van der Waals surface area contributed by atoms with Gasteiger partial charge in [0.15, 0.2) is 0 Å². The van der Waals surface area contributed by atoms with E-state index < -0.39 is 11.9 Å². The number of nitrogens with zero attached hydrogens (tertiary/aromatic N) is 4. The van der Waals surface area contributed by atoms with Crippen LogP contribution in [0.3, 0.4) is 0 Å². The Balaban J connectivity index is 1.84. The summed E-state index contributed by atoms with van der Waals surface area (Å²) in [6, 6.07) is 7.63. The standard InChI is InChI=1S/C17H15F3N4O/c18-17(19,20)14-9-11(12-5-1-2-6-13(12)21-14)10-24-16(25)23-8-4-3-7-15(23)22-24/h1-2,5-6,9H,3-4,7-8,10H2. The molecule has 130 valence electrons. The number of pyridine rings is 1. The van der Waals surface area contributed by atoms with Crippen molar-refractivity contribution in [2.24, 2.45) is 0 Å². The Morgan fingerprint density at radius 1 is 1.16 bits per heavy atom. The number of hydrogen-bond acceptors (Lipinski definition) is 3. The van der Waals surface area contributed by atoms with E-state index in [2.05, 4.69) is 10.1 Å². The number of benzene rings is 1. The van der Waals surface area contributed by atoms with Crippen LogP contribution in [0.1, 0.15) is 29.9 Å². The van der Waals surface area contributed by atoms with Crippen LogP contribution >= 0.6 is 0 Å². The highest BCUT2D eigenvalue weighted by molar-refractivity contribution is 5.82. The topological polar surface area (TPSA) is 52.7 Å². The maximum Gasteiger partial charge on any atom is 0.433 e. The van der Waals surface area contributed by atoms with Crippen LogP contribution < -0.4 is 5.69 Å². The van der Waals surface area contributed by atoms with Crippen LogP contribution in [0.15, 0.2) is 35.1 Å². The van der Waals surface area contributed by atoms with Gasteiger partial charge in [-0.15, -0.1) is 0 Å². The van der Waals surface area contributed by atoms with Crippen molar-refractivity contribution in [1.29, 1.82) is 0 Å². The summed E-state index contributed by atoms with van der Waals surface area (Å²) >= 11 is 0. The summed E-state index contributed by atoms with van der Waals surface area (Å²) in [5.74, 6) is 0.700. The zero-order valence-electron chi connectivity index (χ0n) is 13.3. The Kier molecular flexibility index (Phi) is 3.63. The molecule has 25 heavy (non-hydrogen) atoms. The van der Waals surface area contributed by atoms with Gasteiger partial charge in [-0.3, -0.25) is 4.57 Å². The molecule has 0 N–H and O–H groups in total. The lowest BCUT2D eigenvalue weighted by Gasteiger charge is -2.11. The molecule has 0 saturated carbocycles. The first-order chi connectivity index (χ1) is 11.9. The van der Waals surface area contributed by atoms with Crippen molar-refractivity contribution < 1.29 is 13.2 Å². The van der Waals surface area contributed by atoms with Crippen molar-refractivity contribution in [3.8, 4) is 0 Å². The molecule has 0 fully saturated rings. The molecule has 8 heteroatoms. The molecule has 3 heterocycles. The molecular formula is C17H15F3N4O. The van der Waals surface area contributed by atoms with E-state index in [1.54, 1.807) is 22.8 Å². The largest absolute Gasteiger partial charge is 0.433 e. The molecule has 5 nitrogen and oxygen atoms in total. The van der Waals surface area contributed by atoms with Gasteiger partial charge in [0.05, 0.1) is 12.1 Å². The number of aromatic nitrogens is 4. The lowest BCUT2D eigenvalue weighted by Crippen LogP contribution is -2.27. The van der Waals surface area contributed by atoms with Gasteiger partial charge >= 0.3 is 11.9 Å². The smallest absolute Gasteiger partial charge is 0.279 e. The molecule has 0 amide bonds. The first-order valence-electron chi connectivity index (χ1n) is 8.06. The van der Waals surface area contributed by atoms with Gasteiger partial charge in [-0.05, 0) is 30.5 Å². The fourth-order valence-corrected chi connectivity index (χ4v) is 3.24. The minimum Gasteiger partial charge on any atom is -0.279 e. The van der Waals surface area contributed by atoms with Gasteiger partial charge in [-0.1, -0.05) is 18.2 Å². The molecule has 0 radical (unpaired) electrons. The highest BCUT2D eigenvalue weighted by atomic mass is 19.4. The zero-order chi connectivity index (χ0) is 17.6. The molecular weight excluding hydrogens is 333 g/mol. The van der Waals surface area contributed by atoms with Crippen molar-refractivity contribution in [2.75, 3.05) is 0 Å². The summed E-state index contributed by atoms with van der Waals surface area (Å²) in [6.07, 6.45) is -1.95. The van der Waals surface area contributed by atoms with Gasteiger partial charge in [0.25, 0.3) is 0 Å². The Morgan fingerprint density at radius 2 is 1.96 bits per heavy atom. The molecule has 2 aromatic heterocycles. The van der Waals surface area contributed by atoms with Crippen LogP contribution in [-0.2, 0) is 25.7 Å². The van der Waals surface area contributed by atoms with E-state index in [9.17, 15) is 18.0 Å². The second-order valence-electron chi connectivity index (χ2n) is 6.15. The molecule has 1 aliphatic heterocycles. The quantitative estimate of drug-likeness (QED) is 0.715. The minimum atomic E-state index is -4.54. The molecule has 0 aliphatic carbocycles. The summed E-state index contributed by atoms with van der Waals surface area (Å²) < 4.78 is 42.3. The van der Waals surface area contributed by atoms with Crippen molar-refractivity contribution in [1.82, 2.24) is 19.3 Å².